The number of hydrogen-bond acceptors (Lipinski definition) is 2. The third-order valence-corrected chi connectivity index (χ3v) is 3.01. The van der Waals surface area contributed by atoms with E-state index in [9.17, 15) is 13.2 Å². The Hall–Kier alpha value is -1.75. The maximum atomic E-state index is 12.6. The first-order chi connectivity index (χ1) is 8.88. The third-order valence-electron chi connectivity index (χ3n) is 3.01. The molecule has 2 nitrogen and oxygen atoms in total. The Morgan fingerprint density at radius 1 is 1.26 bits per heavy atom. The zero-order chi connectivity index (χ0) is 14.0. The van der Waals surface area contributed by atoms with E-state index in [0.717, 1.165) is 17.7 Å². The monoisotopic (exact) mass is 269 g/mol. The summed E-state index contributed by atoms with van der Waals surface area (Å²) in [6.07, 6.45) is -2.47. The summed E-state index contributed by atoms with van der Waals surface area (Å²) in [5.74, 6) is 0.694. The third kappa shape index (κ3) is 3.17. The van der Waals surface area contributed by atoms with Gasteiger partial charge in [-0.25, -0.2) is 0 Å². The predicted octanol–water partition coefficient (Wildman–Crippen LogP) is 3.85. The quantitative estimate of drug-likeness (QED) is 0.919. The molecular weight excluding hydrogens is 255 g/mol. The average molecular weight is 269 g/mol. The average Bonchev–Trinajstić information content (AvgIpc) is 2.75. The van der Waals surface area contributed by atoms with E-state index >= 15 is 0 Å². The van der Waals surface area contributed by atoms with Gasteiger partial charge in [0.2, 0.25) is 0 Å². The summed E-state index contributed by atoms with van der Waals surface area (Å²) < 4.78 is 42.9. The van der Waals surface area contributed by atoms with Crippen molar-refractivity contribution in [1.29, 1.82) is 0 Å². The summed E-state index contributed by atoms with van der Waals surface area (Å²) >= 11 is 0. The predicted molar refractivity (Wildman–Crippen MR) is 65.5 cm³/mol. The van der Waals surface area contributed by atoms with Crippen LogP contribution in [0.1, 0.15) is 28.5 Å². The maximum Gasteiger partial charge on any atom is 0.416 e. The minimum atomic E-state index is -4.33. The molecule has 5 heteroatoms. The van der Waals surface area contributed by atoms with Crippen molar-refractivity contribution in [3.8, 4) is 0 Å². The lowest BCUT2D eigenvalue weighted by Gasteiger charge is -2.13. The van der Waals surface area contributed by atoms with Gasteiger partial charge >= 0.3 is 6.18 Å². The van der Waals surface area contributed by atoms with Crippen molar-refractivity contribution >= 4 is 0 Å². The number of nitrogens with two attached hydrogens (primary N) is 1. The van der Waals surface area contributed by atoms with Crippen LogP contribution in [0.3, 0.4) is 0 Å². The SMILES string of the molecule is Cc1occc1C(N)Cc1cccc(C(F)(F)F)c1. The molecule has 1 atom stereocenters. The van der Waals surface area contributed by atoms with Crippen LogP contribution in [-0.4, -0.2) is 0 Å². The Kier molecular flexibility index (Phi) is 3.66. The summed E-state index contributed by atoms with van der Waals surface area (Å²) in [5, 5.41) is 0. The van der Waals surface area contributed by atoms with E-state index in [2.05, 4.69) is 0 Å². The fourth-order valence-corrected chi connectivity index (χ4v) is 2.02. The molecule has 1 aromatic heterocycles. The second kappa shape index (κ2) is 5.09. The fraction of sp³-hybridized carbons (Fsp3) is 0.286. The lowest BCUT2D eigenvalue weighted by molar-refractivity contribution is -0.137. The standard InChI is InChI=1S/C14H14F3NO/c1-9-12(5-6-19-9)13(18)8-10-3-2-4-11(7-10)14(15,16)17/h2-7,13H,8,18H2,1H3. The van der Waals surface area contributed by atoms with Crippen molar-refractivity contribution < 1.29 is 17.6 Å². The number of halogens is 3. The minimum absolute atomic E-state index is 0.338. The molecule has 0 radical (unpaired) electrons. The van der Waals surface area contributed by atoms with Crippen LogP contribution in [-0.2, 0) is 12.6 Å². The molecule has 0 aliphatic heterocycles. The van der Waals surface area contributed by atoms with Crippen molar-refractivity contribution in [2.45, 2.75) is 25.6 Å². The Morgan fingerprint density at radius 2 is 2.00 bits per heavy atom. The Labute approximate surface area is 109 Å². The normalized spacial score (nSPS) is 13.5. The number of hydrogen-bond donors (Lipinski definition) is 1. The zero-order valence-corrected chi connectivity index (χ0v) is 10.4. The maximum absolute atomic E-state index is 12.6. The lowest BCUT2D eigenvalue weighted by Crippen LogP contribution is -2.14. The molecule has 19 heavy (non-hydrogen) atoms. The second-order valence-corrected chi connectivity index (χ2v) is 4.44. The highest BCUT2D eigenvalue weighted by Gasteiger charge is 2.30. The van der Waals surface area contributed by atoms with Crippen molar-refractivity contribution in [2.24, 2.45) is 5.73 Å². The van der Waals surface area contributed by atoms with Crippen molar-refractivity contribution in [3.05, 3.63) is 59.0 Å². The number of furan rings is 1. The molecule has 2 rings (SSSR count). The first kappa shape index (κ1) is 13.7. The van der Waals surface area contributed by atoms with Gasteiger partial charge in [0.25, 0.3) is 0 Å². The first-order valence-electron chi connectivity index (χ1n) is 5.83. The van der Waals surface area contributed by atoms with E-state index in [1.54, 1.807) is 19.1 Å². The zero-order valence-electron chi connectivity index (χ0n) is 10.4. The Bertz CT molecular complexity index is 560. The lowest BCUT2D eigenvalue weighted by atomic mass is 9.99. The molecule has 1 heterocycles. The van der Waals surface area contributed by atoms with Crippen molar-refractivity contribution in [1.82, 2.24) is 0 Å². The number of benzene rings is 1. The molecule has 1 unspecified atom stereocenters. The molecule has 1 aromatic carbocycles. The van der Waals surface area contributed by atoms with Gasteiger partial charge in [-0.2, -0.15) is 13.2 Å². The fourth-order valence-electron chi connectivity index (χ4n) is 2.02. The van der Waals surface area contributed by atoms with Crippen LogP contribution in [0.25, 0.3) is 0 Å². The number of aryl methyl sites for hydroxylation is 1. The summed E-state index contributed by atoms with van der Waals surface area (Å²) in [4.78, 5) is 0. The highest BCUT2D eigenvalue weighted by atomic mass is 19.4. The van der Waals surface area contributed by atoms with Crippen LogP contribution < -0.4 is 5.73 Å². The van der Waals surface area contributed by atoms with E-state index in [-0.39, 0.29) is 6.04 Å². The van der Waals surface area contributed by atoms with E-state index in [4.69, 9.17) is 10.2 Å². The highest BCUT2D eigenvalue weighted by molar-refractivity contribution is 5.29. The molecule has 0 amide bonds. The van der Waals surface area contributed by atoms with Gasteiger partial charge in [-0.15, -0.1) is 0 Å². The van der Waals surface area contributed by atoms with E-state index in [1.165, 1.54) is 12.3 Å². The summed E-state index contributed by atoms with van der Waals surface area (Å²) in [7, 11) is 0. The van der Waals surface area contributed by atoms with Crippen LogP contribution in [0, 0.1) is 6.92 Å². The van der Waals surface area contributed by atoms with E-state index < -0.39 is 11.7 Å². The first-order valence-corrected chi connectivity index (χ1v) is 5.83. The largest absolute Gasteiger partial charge is 0.469 e. The topological polar surface area (TPSA) is 39.2 Å². The van der Waals surface area contributed by atoms with Crippen LogP contribution >= 0.6 is 0 Å². The van der Waals surface area contributed by atoms with Gasteiger partial charge in [0.15, 0.2) is 0 Å². The molecule has 0 spiro atoms. The van der Waals surface area contributed by atoms with Gasteiger partial charge in [-0.3, -0.25) is 0 Å². The number of rotatable bonds is 3. The van der Waals surface area contributed by atoms with Crippen LogP contribution in [0.4, 0.5) is 13.2 Å². The van der Waals surface area contributed by atoms with Gasteiger partial charge in [0, 0.05) is 11.6 Å². The Balaban J connectivity index is 2.18. The van der Waals surface area contributed by atoms with E-state index in [0.29, 0.717) is 17.7 Å². The molecular formula is C14H14F3NO. The van der Waals surface area contributed by atoms with Gasteiger partial charge in [0.1, 0.15) is 5.76 Å². The van der Waals surface area contributed by atoms with Crippen molar-refractivity contribution in [2.75, 3.05) is 0 Å². The van der Waals surface area contributed by atoms with Gasteiger partial charge < -0.3 is 10.2 Å². The molecule has 2 N–H and O–H groups in total. The van der Waals surface area contributed by atoms with Crippen molar-refractivity contribution in [3.63, 3.8) is 0 Å². The summed E-state index contributed by atoms with van der Waals surface area (Å²) in [6, 6.07) is 6.60. The molecule has 2 aromatic rings. The molecule has 0 aliphatic rings. The molecule has 0 fully saturated rings. The summed E-state index contributed by atoms with van der Waals surface area (Å²) in [6.45, 7) is 1.78. The molecule has 0 saturated carbocycles. The Morgan fingerprint density at radius 3 is 2.58 bits per heavy atom. The van der Waals surface area contributed by atoms with Crippen LogP contribution in [0.2, 0.25) is 0 Å². The van der Waals surface area contributed by atoms with Gasteiger partial charge in [-0.1, -0.05) is 18.2 Å². The summed E-state index contributed by atoms with van der Waals surface area (Å²) in [5.41, 5.74) is 6.71. The highest BCUT2D eigenvalue weighted by Crippen LogP contribution is 2.30. The minimum Gasteiger partial charge on any atom is -0.469 e. The molecule has 102 valence electrons. The molecule has 0 bridgehead atoms. The van der Waals surface area contributed by atoms with Gasteiger partial charge in [-0.05, 0) is 31.0 Å². The van der Waals surface area contributed by atoms with Gasteiger partial charge in [0.05, 0.1) is 11.8 Å². The second-order valence-electron chi connectivity index (χ2n) is 4.44. The molecule has 0 aliphatic carbocycles. The van der Waals surface area contributed by atoms with Crippen LogP contribution in [0.15, 0.2) is 41.0 Å². The smallest absolute Gasteiger partial charge is 0.416 e. The molecule has 0 saturated heterocycles. The van der Waals surface area contributed by atoms with E-state index in [1.807, 2.05) is 0 Å². The van der Waals surface area contributed by atoms with Crippen LogP contribution in [0.5, 0.6) is 0 Å². The number of alkyl halides is 3.